The second-order valence-corrected chi connectivity index (χ2v) is 5.20. The molecule has 0 saturated heterocycles. The Morgan fingerprint density at radius 1 is 1.37 bits per heavy atom. The highest BCUT2D eigenvalue weighted by molar-refractivity contribution is 9.10. The lowest BCUT2D eigenvalue weighted by Gasteiger charge is -2.29. The zero-order chi connectivity index (χ0) is 13.4. The van der Waals surface area contributed by atoms with Crippen LogP contribution in [0, 0.1) is 5.82 Å². The Morgan fingerprint density at radius 3 is 2.95 bits per heavy atom. The summed E-state index contributed by atoms with van der Waals surface area (Å²) in [5.74, 6) is -0.519. The van der Waals surface area contributed by atoms with Gasteiger partial charge in [-0.15, -0.1) is 0 Å². The maximum Gasteiger partial charge on any atom is 0.276 e. The molecular weight excluding hydrogens is 315 g/mol. The maximum absolute atomic E-state index is 13.8. The van der Waals surface area contributed by atoms with Crippen LogP contribution in [0.25, 0.3) is 0 Å². The molecular formula is C13H10BrFN2O2. The summed E-state index contributed by atoms with van der Waals surface area (Å²) in [4.78, 5) is 13.7. The van der Waals surface area contributed by atoms with Crippen molar-refractivity contribution in [1.82, 2.24) is 10.1 Å². The molecule has 4 nitrogen and oxygen atoms in total. The summed E-state index contributed by atoms with van der Waals surface area (Å²) in [5, 5.41) is 3.62. The molecule has 0 fully saturated rings. The number of aromatic nitrogens is 1. The first-order valence-corrected chi connectivity index (χ1v) is 6.61. The average Bonchev–Trinajstić information content (AvgIpc) is 2.96. The van der Waals surface area contributed by atoms with Gasteiger partial charge in [0, 0.05) is 29.2 Å². The van der Waals surface area contributed by atoms with E-state index in [9.17, 15) is 9.18 Å². The van der Waals surface area contributed by atoms with Gasteiger partial charge in [0.05, 0.1) is 0 Å². The van der Waals surface area contributed by atoms with Crippen LogP contribution in [-0.2, 0) is 13.0 Å². The minimum atomic E-state index is -0.282. The van der Waals surface area contributed by atoms with Gasteiger partial charge in [0.25, 0.3) is 5.91 Å². The molecule has 0 N–H and O–H groups in total. The second-order valence-electron chi connectivity index (χ2n) is 4.35. The highest BCUT2D eigenvalue weighted by Gasteiger charge is 2.26. The van der Waals surface area contributed by atoms with Crippen molar-refractivity contribution >= 4 is 21.8 Å². The first-order valence-electron chi connectivity index (χ1n) is 5.82. The van der Waals surface area contributed by atoms with Gasteiger partial charge in [0.1, 0.15) is 12.1 Å². The summed E-state index contributed by atoms with van der Waals surface area (Å²) in [6, 6.07) is 4.62. The van der Waals surface area contributed by atoms with Gasteiger partial charge in [0.15, 0.2) is 5.69 Å². The number of rotatable bonds is 1. The molecule has 1 aromatic carbocycles. The number of carbonyl (C=O) groups excluding carboxylic acids is 1. The number of fused-ring (bicyclic) bond motifs is 1. The van der Waals surface area contributed by atoms with Crippen LogP contribution in [0.5, 0.6) is 0 Å². The Kier molecular flexibility index (Phi) is 3.10. The molecule has 1 aliphatic heterocycles. The van der Waals surface area contributed by atoms with Crippen molar-refractivity contribution in [3.8, 4) is 0 Å². The summed E-state index contributed by atoms with van der Waals surface area (Å²) in [7, 11) is 0. The lowest BCUT2D eigenvalue weighted by molar-refractivity contribution is 0.0722. The van der Waals surface area contributed by atoms with Crippen LogP contribution in [0.3, 0.4) is 0 Å². The Hall–Kier alpha value is -1.69. The number of carbonyl (C=O) groups is 1. The molecule has 0 atom stereocenters. The van der Waals surface area contributed by atoms with Crippen LogP contribution >= 0.6 is 15.9 Å². The van der Waals surface area contributed by atoms with Gasteiger partial charge in [-0.05, 0) is 24.1 Å². The fourth-order valence-electron chi connectivity index (χ4n) is 2.25. The Morgan fingerprint density at radius 2 is 2.21 bits per heavy atom. The normalized spacial score (nSPS) is 14.3. The number of halogens is 2. The van der Waals surface area contributed by atoms with Crippen molar-refractivity contribution in [2.24, 2.45) is 0 Å². The van der Waals surface area contributed by atoms with Crippen molar-refractivity contribution in [1.29, 1.82) is 0 Å². The van der Waals surface area contributed by atoms with Gasteiger partial charge < -0.3 is 9.42 Å². The maximum atomic E-state index is 13.8. The van der Waals surface area contributed by atoms with Crippen LogP contribution < -0.4 is 0 Å². The number of benzene rings is 1. The highest BCUT2D eigenvalue weighted by Crippen LogP contribution is 2.29. The summed E-state index contributed by atoms with van der Waals surface area (Å²) >= 11 is 3.41. The van der Waals surface area contributed by atoms with Crippen molar-refractivity contribution in [3.63, 3.8) is 0 Å². The van der Waals surface area contributed by atoms with E-state index in [2.05, 4.69) is 25.6 Å². The van der Waals surface area contributed by atoms with Crippen LogP contribution in [0.15, 0.2) is 33.5 Å². The van der Waals surface area contributed by atoms with Gasteiger partial charge in [0.2, 0.25) is 0 Å². The van der Waals surface area contributed by atoms with Crippen molar-refractivity contribution < 1.29 is 13.7 Å². The van der Waals surface area contributed by atoms with Gasteiger partial charge >= 0.3 is 0 Å². The number of hydrogen-bond donors (Lipinski definition) is 0. The molecule has 19 heavy (non-hydrogen) atoms. The molecule has 1 amide bonds. The molecule has 98 valence electrons. The van der Waals surface area contributed by atoms with E-state index in [0.29, 0.717) is 18.5 Å². The van der Waals surface area contributed by atoms with Gasteiger partial charge in [-0.3, -0.25) is 4.79 Å². The van der Waals surface area contributed by atoms with Crippen molar-refractivity contribution in [2.45, 2.75) is 13.0 Å². The van der Waals surface area contributed by atoms with Crippen LogP contribution in [0.4, 0.5) is 4.39 Å². The van der Waals surface area contributed by atoms with Crippen LogP contribution in [-0.4, -0.2) is 22.5 Å². The fraction of sp³-hybridized carbons (Fsp3) is 0.231. The molecule has 0 saturated carbocycles. The van der Waals surface area contributed by atoms with E-state index >= 15 is 0 Å². The average molecular weight is 325 g/mol. The standard InChI is InChI=1S/C13H10BrFN2O2/c14-10-1-2-11(15)9-7-17(5-3-8(9)10)13(18)12-4-6-19-16-12/h1-2,4,6H,3,5,7H2. The first kappa shape index (κ1) is 12.3. The predicted molar refractivity (Wildman–Crippen MR) is 69.0 cm³/mol. The molecule has 1 aliphatic rings. The third-order valence-electron chi connectivity index (χ3n) is 3.24. The molecule has 0 bridgehead atoms. The Balaban J connectivity index is 1.90. The zero-order valence-electron chi connectivity index (χ0n) is 9.90. The number of nitrogens with zero attached hydrogens (tertiary/aromatic N) is 2. The molecule has 6 heteroatoms. The molecule has 3 rings (SSSR count). The van der Waals surface area contributed by atoms with E-state index in [0.717, 1.165) is 10.0 Å². The molecule has 0 spiro atoms. The summed E-state index contributed by atoms with van der Waals surface area (Å²) in [5.41, 5.74) is 1.75. The van der Waals surface area contributed by atoms with E-state index in [1.165, 1.54) is 18.4 Å². The predicted octanol–water partition coefficient (Wildman–Crippen LogP) is 2.77. The largest absolute Gasteiger partial charge is 0.364 e. The molecule has 2 heterocycles. The SMILES string of the molecule is O=C(c1ccon1)N1CCc2c(Br)ccc(F)c2C1. The minimum absolute atomic E-state index is 0.237. The van der Waals surface area contributed by atoms with Gasteiger partial charge in [-0.1, -0.05) is 21.1 Å². The molecule has 0 unspecified atom stereocenters. The number of amides is 1. The summed E-state index contributed by atoms with van der Waals surface area (Å²) < 4.78 is 19.4. The molecule has 0 radical (unpaired) electrons. The topological polar surface area (TPSA) is 46.3 Å². The first-order chi connectivity index (χ1) is 9.16. The van der Waals surface area contributed by atoms with Crippen LogP contribution in [0.2, 0.25) is 0 Å². The zero-order valence-corrected chi connectivity index (χ0v) is 11.5. The fourth-order valence-corrected chi connectivity index (χ4v) is 2.82. The second kappa shape index (κ2) is 4.77. The van der Waals surface area contributed by atoms with E-state index in [4.69, 9.17) is 0 Å². The third kappa shape index (κ3) is 2.16. The smallest absolute Gasteiger partial charge is 0.276 e. The molecule has 0 aliphatic carbocycles. The molecule has 2 aromatic rings. The minimum Gasteiger partial charge on any atom is -0.364 e. The van der Waals surface area contributed by atoms with Crippen molar-refractivity contribution in [2.75, 3.05) is 6.54 Å². The third-order valence-corrected chi connectivity index (χ3v) is 3.98. The van der Waals surface area contributed by atoms with Crippen molar-refractivity contribution in [3.05, 3.63) is 51.6 Å². The quantitative estimate of drug-likeness (QED) is 0.810. The van der Waals surface area contributed by atoms with E-state index in [-0.39, 0.29) is 24.0 Å². The van der Waals surface area contributed by atoms with Gasteiger partial charge in [-0.2, -0.15) is 0 Å². The van der Waals surface area contributed by atoms with Crippen LogP contribution in [0.1, 0.15) is 21.6 Å². The Bertz CT molecular complexity index is 628. The monoisotopic (exact) mass is 324 g/mol. The molecule has 1 aromatic heterocycles. The summed E-state index contributed by atoms with van der Waals surface area (Å²) in [6.45, 7) is 0.799. The van der Waals surface area contributed by atoms with E-state index in [1.54, 1.807) is 11.0 Å². The summed E-state index contributed by atoms with van der Waals surface area (Å²) in [6.07, 6.45) is 1.97. The highest BCUT2D eigenvalue weighted by atomic mass is 79.9. The van der Waals surface area contributed by atoms with E-state index < -0.39 is 0 Å². The Labute approximate surface area is 117 Å². The van der Waals surface area contributed by atoms with Gasteiger partial charge in [-0.25, -0.2) is 4.39 Å². The number of hydrogen-bond acceptors (Lipinski definition) is 3. The lowest BCUT2D eigenvalue weighted by atomic mass is 9.99. The van der Waals surface area contributed by atoms with E-state index in [1.807, 2.05) is 0 Å². The lowest BCUT2D eigenvalue weighted by Crippen LogP contribution is -2.36.